The lowest BCUT2D eigenvalue weighted by Crippen LogP contribution is -1.96. The number of phenols is 1. The molecule has 0 saturated carbocycles. The summed E-state index contributed by atoms with van der Waals surface area (Å²) in [5, 5.41) is 13.9. The molecule has 0 radical (unpaired) electrons. The highest BCUT2D eigenvalue weighted by Crippen LogP contribution is 2.19. The van der Waals surface area contributed by atoms with Crippen molar-refractivity contribution in [1.29, 1.82) is 0 Å². The summed E-state index contributed by atoms with van der Waals surface area (Å²) in [6, 6.07) is 16.7. The van der Waals surface area contributed by atoms with Crippen LogP contribution >= 0.6 is 0 Å². The Kier molecular flexibility index (Phi) is 3.39. The molecule has 21 heavy (non-hydrogen) atoms. The number of phenolic OH excluding ortho intramolecular Hbond substituents is 1. The SMILES string of the molecule is Nc1nc(-c2ccccc2)cn1N=Cc1ccccc1O. The Morgan fingerprint density at radius 1 is 1.05 bits per heavy atom. The molecule has 0 bridgehead atoms. The van der Waals surface area contributed by atoms with Gasteiger partial charge in [-0.25, -0.2) is 9.66 Å². The molecule has 0 amide bonds. The number of nitrogens with two attached hydrogens (primary N) is 1. The fraction of sp³-hybridized carbons (Fsp3) is 0. The van der Waals surface area contributed by atoms with Crippen molar-refractivity contribution in [3.05, 3.63) is 66.4 Å². The largest absolute Gasteiger partial charge is 0.507 e. The van der Waals surface area contributed by atoms with E-state index in [2.05, 4.69) is 10.1 Å². The van der Waals surface area contributed by atoms with Crippen LogP contribution in [0, 0.1) is 0 Å². The number of hydrogen-bond acceptors (Lipinski definition) is 4. The van der Waals surface area contributed by atoms with Gasteiger partial charge in [-0.1, -0.05) is 42.5 Å². The van der Waals surface area contributed by atoms with Crippen molar-refractivity contribution < 1.29 is 5.11 Å². The third kappa shape index (κ3) is 2.76. The Balaban J connectivity index is 1.91. The summed E-state index contributed by atoms with van der Waals surface area (Å²) in [5.74, 6) is 0.462. The van der Waals surface area contributed by atoms with Crippen LogP contribution in [0.4, 0.5) is 5.95 Å². The Bertz CT molecular complexity index is 778. The van der Waals surface area contributed by atoms with E-state index in [4.69, 9.17) is 5.73 Å². The highest BCUT2D eigenvalue weighted by molar-refractivity contribution is 5.83. The van der Waals surface area contributed by atoms with Crippen LogP contribution in [0.3, 0.4) is 0 Å². The maximum Gasteiger partial charge on any atom is 0.221 e. The molecule has 104 valence electrons. The predicted octanol–water partition coefficient (Wildman–Crippen LogP) is 2.72. The molecule has 0 saturated heterocycles. The number of rotatable bonds is 3. The van der Waals surface area contributed by atoms with Crippen molar-refractivity contribution in [3.63, 3.8) is 0 Å². The maximum absolute atomic E-state index is 9.69. The van der Waals surface area contributed by atoms with Crippen molar-refractivity contribution in [1.82, 2.24) is 9.66 Å². The molecule has 0 spiro atoms. The number of anilines is 1. The lowest BCUT2D eigenvalue weighted by molar-refractivity contribution is 0.474. The zero-order chi connectivity index (χ0) is 14.7. The number of hydrogen-bond donors (Lipinski definition) is 2. The molecule has 3 rings (SSSR count). The first-order chi connectivity index (χ1) is 10.2. The van der Waals surface area contributed by atoms with Gasteiger partial charge >= 0.3 is 0 Å². The standard InChI is InChI=1S/C16H14N4O/c17-16-19-14(12-6-2-1-3-7-12)11-20(16)18-10-13-8-4-5-9-15(13)21/h1-11,21H,(H2,17,19). The molecule has 1 heterocycles. The molecule has 5 nitrogen and oxygen atoms in total. The van der Waals surface area contributed by atoms with Gasteiger partial charge in [-0.15, -0.1) is 0 Å². The van der Waals surface area contributed by atoms with E-state index in [9.17, 15) is 5.11 Å². The minimum atomic E-state index is 0.170. The van der Waals surface area contributed by atoms with Gasteiger partial charge in [0.25, 0.3) is 0 Å². The molecule has 5 heteroatoms. The maximum atomic E-state index is 9.69. The summed E-state index contributed by atoms with van der Waals surface area (Å²) >= 11 is 0. The zero-order valence-electron chi connectivity index (χ0n) is 11.2. The molecular weight excluding hydrogens is 264 g/mol. The Morgan fingerprint density at radius 3 is 2.52 bits per heavy atom. The molecule has 1 aromatic heterocycles. The Labute approximate surface area is 122 Å². The van der Waals surface area contributed by atoms with Gasteiger partial charge in [-0.2, -0.15) is 5.10 Å². The van der Waals surface area contributed by atoms with Gasteiger partial charge < -0.3 is 10.8 Å². The monoisotopic (exact) mass is 278 g/mol. The van der Waals surface area contributed by atoms with E-state index in [1.54, 1.807) is 30.6 Å². The van der Waals surface area contributed by atoms with Crippen molar-refractivity contribution in [2.24, 2.45) is 5.10 Å². The van der Waals surface area contributed by atoms with E-state index in [0.717, 1.165) is 11.3 Å². The number of aromatic nitrogens is 2. The minimum absolute atomic E-state index is 0.170. The van der Waals surface area contributed by atoms with Gasteiger partial charge in [0.2, 0.25) is 5.95 Å². The molecule has 0 unspecified atom stereocenters. The lowest BCUT2D eigenvalue weighted by Gasteiger charge is -1.98. The van der Waals surface area contributed by atoms with Gasteiger partial charge in [-0.05, 0) is 12.1 Å². The van der Waals surface area contributed by atoms with E-state index in [1.807, 2.05) is 36.4 Å². The second-order valence-electron chi connectivity index (χ2n) is 4.50. The van der Waals surface area contributed by atoms with Gasteiger partial charge in [0.05, 0.1) is 18.1 Å². The van der Waals surface area contributed by atoms with Crippen LogP contribution in [0.1, 0.15) is 5.56 Å². The highest BCUT2D eigenvalue weighted by Gasteiger charge is 2.05. The summed E-state index contributed by atoms with van der Waals surface area (Å²) in [7, 11) is 0. The number of aromatic hydroxyl groups is 1. The van der Waals surface area contributed by atoms with Crippen molar-refractivity contribution in [2.45, 2.75) is 0 Å². The second kappa shape index (κ2) is 5.50. The van der Waals surface area contributed by atoms with Gasteiger partial charge in [0.1, 0.15) is 5.75 Å². The minimum Gasteiger partial charge on any atom is -0.507 e. The summed E-state index contributed by atoms with van der Waals surface area (Å²) in [4.78, 5) is 4.28. The Morgan fingerprint density at radius 2 is 1.76 bits per heavy atom. The topological polar surface area (TPSA) is 76.4 Å². The number of nitrogens with zero attached hydrogens (tertiary/aromatic N) is 3. The summed E-state index contributed by atoms with van der Waals surface area (Å²) in [5.41, 5.74) is 8.20. The van der Waals surface area contributed by atoms with Crippen molar-refractivity contribution in [3.8, 4) is 17.0 Å². The van der Waals surface area contributed by atoms with Crippen LogP contribution in [0.2, 0.25) is 0 Å². The van der Waals surface area contributed by atoms with E-state index in [0.29, 0.717) is 11.5 Å². The number of para-hydroxylation sites is 1. The predicted molar refractivity (Wildman–Crippen MR) is 83.2 cm³/mol. The molecule has 0 atom stereocenters. The smallest absolute Gasteiger partial charge is 0.221 e. The van der Waals surface area contributed by atoms with Crippen molar-refractivity contribution in [2.75, 3.05) is 5.73 Å². The molecule has 0 aliphatic heterocycles. The number of imidazole rings is 1. The highest BCUT2D eigenvalue weighted by atomic mass is 16.3. The normalized spacial score (nSPS) is 11.0. The first kappa shape index (κ1) is 12.9. The van der Waals surface area contributed by atoms with Crippen LogP contribution in [0.25, 0.3) is 11.3 Å². The molecular formula is C16H14N4O. The molecule has 0 aliphatic rings. The quantitative estimate of drug-likeness (QED) is 0.723. The average molecular weight is 278 g/mol. The van der Waals surface area contributed by atoms with Crippen LogP contribution < -0.4 is 5.73 Å². The van der Waals surface area contributed by atoms with Gasteiger partial charge in [0, 0.05) is 11.1 Å². The van der Waals surface area contributed by atoms with E-state index >= 15 is 0 Å². The fourth-order valence-electron chi connectivity index (χ4n) is 1.95. The number of benzene rings is 2. The molecule has 3 aromatic rings. The second-order valence-corrected chi connectivity index (χ2v) is 4.50. The third-order valence-corrected chi connectivity index (χ3v) is 3.04. The van der Waals surface area contributed by atoms with Crippen LogP contribution in [0.15, 0.2) is 65.9 Å². The third-order valence-electron chi connectivity index (χ3n) is 3.04. The van der Waals surface area contributed by atoms with Gasteiger partial charge in [-0.3, -0.25) is 0 Å². The van der Waals surface area contributed by atoms with Crippen LogP contribution in [-0.4, -0.2) is 21.0 Å². The molecule has 2 aromatic carbocycles. The molecule has 0 fully saturated rings. The Hall–Kier alpha value is -3.08. The van der Waals surface area contributed by atoms with Crippen molar-refractivity contribution >= 4 is 12.2 Å². The first-order valence-corrected chi connectivity index (χ1v) is 6.46. The summed E-state index contributed by atoms with van der Waals surface area (Å²) in [6.45, 7) is 0. The summed E-state index contributed by atoms with van der Waals surface area (Å²) in [6.07, 6.45) is 3.29. The molecule has 0 aliphatic carbocycles. The van der Waals surface area contributed by atoms with E-state index < -0.39 is 0 Å². The van der Waals surface area contributed by atoms with E-state index in [1.165, 1.54) is 4.68 Å². The van der Waals surface area contributed by atoms with Crippen LogP contribution in [-0.2, 0) is 0 Å². The molecule has 3 N–H and O–H groups in total. The zero-order valence-corrected chi connectivity index (χ0v) is 11.2. The fourth-order valence-corrected chi connectivity index (χ4v) is 1.95. The van der Waals surface area contributed by atoms with E-state index in [-0.39, 0.29) is 5.75 Å². The van der Waals surface area contributed by atoms with Gasteiger partial charge in [0.15, 0.2) is 0 Å². The average Bonchev–Trinajstić information content (AvgIpc) is 2.89. The van der Waals surface area contributed by atoms with Crippen LogP contribution in [0.5, 0.6) is 5.75 Å². The first-order valence-electron chi connectivity index (χ1n) is 6.46. The summed E-state index contributed by atoms with van der Waals surface area (Å²) < 4.78 is 1.48. The lowest BCUT2D eigenvalue weighted by atomic mass is 10.2. The number of nitrogen functional groups attached to an aromatic ring is 1.